The minimum Gasteiger partial charge on any atom is -0.383 e. The van der Waals surface area contributed by atoms with Crippen molar-refractivity contribution in [1.82, 2.24) is 15.1 Å². The summed E-state index contributed by atoms with van der Waals surface area (Å²) >= 11 is 1.84. The van der Waals surface area contributed by atoms with Gasteiger partial charge in [-0.25, -0.2) is 0 Å². The molecule has 0 unspecified atom stereocenters. The van der Waals surface area contributed by atoms with Gasteiger partial charge in [0.2, 0.25) is 0 Å². The fraction of sp³-hybridized carbons (Fsp3) is 0.438. The number of ether oxygens (including phenoxy) is 1. The van der Waals surface area contributed by atoms with Crippen molar-refractivity contribution >= 4 is 11.8 Å². The summed E-state index contributed by atoms with van der Waals surface area (Å²) in [7, 11) is 3.72. The molecule has 1 aromatic carbocycles. The number of hydrogen-bond donors (Lipinski definition) is 1. The summed E-state index contributed by atoms with van der Waals surface area (Å²) in [5.41, 5.74) is 3.63. The maximum absolute atomic E-state index is 5.01. The summed E-state index contributed by atoms with van der Waals surface area (Å²) in [5, 5.41) is 7.72. The third-order valence-corrected chi connectivity index (χ3v) is 4.27. The molecule has 2 rings (SSSR count). The second-order valence-electron chi connectivity index (χ2n) is 5.00. The summed E-state index contributed by atoms with van der Waals surface area (Å²) in [6, 6.07) is 10.9. The van der Waals surface area contributed by atoms with Crippen LogP contribution in [-0.2, 0) is 24.1 Å². The number of nitrogens with one attached hydrogen (secondary N) is 1. The van der Waals surface area contributed by atoms with E-state index in [4.69, 9.17) is 4.74 Å². The predicted molar refractivity (Wildman–Crippen MR) is 87.5 cm³/mol. The van der Waals surface area contributed by atoms with E-state index in [1.165, 1.54) is 16.2 Å². The van der Waals surface area contributed by atoms with Crippen molar-refractivity contribution < 1.29 is 4.74 Å². The van der Waals surface area contributed by atoms with Gasteiger partial charge in [0, 0.05) is 43.6 Å². The molecule has 1 heterocycles. The van der Waals surface area contributed by atoms with E-state index in [1.807, 2.05) is 30.4 Å². The van der Waals surface area contributed by atoms with Crippen LogP contribution in [-0.4, -0.2) is 30.0 Å². The Labute approximate surface area is 130 Å². The predicted octanol–water partition coefficient (Wildman–Crippen LogP) is 2.76. The molecular weight excluding hydrogens is 282 g/mol. The largest absolute Gasteiger partial charge is 0.383 e. The molecular formula is C16H23N3OS. The highest BCUT2D eigenvalue weighted by Crippen LogP contribution is 2.23. The zero-order valence-corrected chi connectivity index (χ0v) is 13.7. The molecule has 0 spiro atoms. The Hall–Kier alpha value is -1.30. The number of thioether (sulfide) groups is 1. The monoisotopic (exact) mass is 305 g/mol. The lowest BCUT2D eigenvalue weighted by atomic mass is 10.2. The lowest BCUT2D eigenvalue weighted by molar-refractivity contribution is 0.199. The van der Waals surface area contributed by atoms with Gasteiger partial charge in [0.1, 0.15) is 0 Å². The van der Waals surface area contributed by atoms with Gasteiger partial charge in [0.25, 0.3) is 0 Å². The molecule has 0 radical (unpaired) electrons. The maximum atomic E-state index is 5.01. The summed E-state index contributed by atoms with van der Waals surface area (Å²) in [6.45, 7) is 4.54. The lowest BCUT2D eigenvalue weighted by Crippen LogP contribution is -2.18. The molecule has 0 saturated carbocycles. The van der Waals surface area contributed by atoms with E-state index < -0.39 is 0 Å². The summed E-state index contributed by atoms with van der Waals surface area (Å²) in [6.07, 6.45) is 0. The second kappa shape index (κ2) is 8.22. The number of rotatable bonds is 8. The third kappa shape index (κ3) is 5.19. The molecule has 0 saturated heterocycles. The Morgan fingerprint density at radius 2 is 2.05 bits per heavy atom. The van der Waals surface area contributed by atoms with E-state index >= 15 is 0 Å². The molecule has 5 heteroatoms. The van der Waals surface area contributed by atoms with E-state index in [2.05, 4.69) is 40.7 Å². The van der Waals surface area contributed by atoms with Gasteiger partial charge in [-0.1, -0.05) is 12.1 Å². The van der Waals surface area contributed by atoms with Gasteiger partial charge in [-0.15, -0.1) is 11.8 Å². The van der Waals surface area contributed by atoms with Crippen molar-refractivity contribution in [2.45, 2.75) is 24.1 Å². The lowest BCUT2D eigenvalue weighted by Gasteiger charge is -2.06. The quantitative estimate of drug-likeness (QED) is 0.601. The molecule has 0 fully saturated rings. The fourth-order valence-electron chi connectivity index (χ4n) is 2.07. The van der Waals surface area contributed by atoms with Gasteiger partial charge in [-0.3, -0.25) is 4.68 Å². The first-order chi connectivity index (χ1) is 10.2. The molecule has 0 atom stereocenters. The number of hydrogen-bond acceptors (Lipinski definition) is 4. The number of benzene rings is 1. The van der Waals surface area contributed by atoms with Crippen molar-refractivity contribution in [2.75, 3.05) is 20.3 Å². The first-order valence-corrected chi connectivity index (χ1v) is 8.08. The van der Waals surface area contributed by atoms with Gasteiger partial charge in [-0.2, -0.15) is 5.10 Å². The number of nitrogens with zero attached hydrogens (tertiary/aromatic N) is 2. The van der Waals surface area contributed by atoms with Crippen molar-refractivity contribution in [3.8, 4) is 0 Å². The van der Waals surface area contributed by atoms with Gasteiger partial charge in [0.15, 0.2) is 0 Å². The van der Waals surface area contributed by atoms with Crippen molar-refractivity contribution in [1.29, 1.82) is 0 Å². The zero-order chi connectivity index (χ0) is 15.1. The molecule has 0 bridgehead atoms. The molecule has 21 heavy (non-hydrogen) atoms. The van der Waals surface area contributed by atoms with Crippen LogP contribution in [0, 0.1) is 6.92 Å². The molecule has 0 aliphatic heterocycles. The standard InChI is InChI=1S/C16H23N3OS/c1-13-10-15(19(2)18-13)12-21-16-6-4-14(5-7-16)11-17-8-9-20-3/h4-7,10,17H,8-9,11-12H2,1-3H3. The average molecular weight is 305 g/mol. The Kier molecular flexibility index (Phi) is 6.29. The van der Waals surface area contributed by atoms with Crippen molar-refractivity contribution in [3.05, 3.63) is 47.3 Å². The van der Waals surface area contributed by atoms with Crippen LogP contribution in [0.2, 0.25) is 0 Å². The van der Waals surface area contributed by atoms with Crippen LogP contribution in [0.25, 0.3) is 0 Å². The Morgan fingerprint density at radius 3 is 2.67 bits per heavy atom. The molecule has 114 valence electrons. The van der Waals surface area contributed by atoms with E-state index in [1.54, 1.807) is 7.11 Å². The highest BCUT2D eigenvalue weighted by atomic mass is 32.2. The molecule has 1 aromatic heterocycles. The molecule has 0 aliphatic carbocycles. The SMILES string of the molecule is COCCNCc1ccc(SCc2cc(C)nn2C)cc1. The van der Waals surface area contributed by atoms with E-state index in [9.17, 15) is 0 Å². The normalized spacial score (nSPS) is 11.0. The van der Waals surface area contributed by atoms with Crippen molar-refractivity contribution in [3.63, 3.8) is 0 Å². The topological polar surface area (TPSA) is 39.1 Å². The molecule has 4 nitrogen and oxygen atoms in total. The molecule has 2 aromatic rings. The fourth-order valence-corrected chi connectivity index (χ4v) is 2.98. The van der Waals surface area contributed by atoms with Crippen LogP contribution < -0.4 is 5.32 Å². The molecule has 1 N–H and O–H groups in total. The van der Waals surface area contributed by atoms with Crippen LogP contribution in [0.5, 0.6) is 0 Å². The van der Waals surface area contributed by atoms with Crippen LogP contribution in [0.4, 0.5) is 0 Å². The molecule has 0 amide bonds. The summed E-state index contributed by atoms with van der Waals surface area (Å²) in [4.78, 5) is 1.29. The number of aromatic nitrogens is 2. The van der Waals surface area contributed by atoms with Gasteiger partial charge >= 0.3 is 0 Å². The number of aryl methyl sites for hydroxylation is 2. The molecule has 0 aliphatic rings. The van der Waals surface area contributed by atoms with Crippen LogP contribution in [0.3, 0.4) is 0 Å². The van der Waals surface area contributed by atoms with Gasteiger partial charge in [0.05, 0.1) is 12.3 Å². The summed E-state index contributed by atoms with van der Waals surface area (Å²) < 4.78 is 6.97. The highest BCUT2D eigenvalue weighted by molar-refractivity contribution is 7.98. The highest BCUT2D eigenvalue weighted by Gasteiger charge is 2.03. The van der Waals surface area contributed by atoms with E-state index in [0.29, 0.717) is 0 Å². The smallest absolute Gasteiger partial charge is 0.0596 e. The third-order valence-electron chi connectivity index (χ3n) is 3.22. The average Bonchev–Trinajstić information content (AvgIpc) is 2.81. The van der Waals surface area contributed by atoms with Gasteiger partial charge in [-0.05, 0) is 30.7 Å². The minimum absolute atomic E-state index is 0.748. The second-order valence-corrected chi connectivity index (χ2v) is 6.05. The Bertz CT molecular complexity index is 551. The minimum atomic E-state index is 0.748. The van der Waals surface area contributed by atoms with E-state index in [-0.39, 0.29) is 0 Å². The summed E-state index contributed by atoms with van der Waals surface area (Å²) in [5.74, 6) is 0.947. The first kappa shape index (κ1) is 16.1. The first-order valence-electron chi connectivity index (χ1n) is 7.10. The van der Waals surface area contributed by atoms with E-state index in [0.717, 1.165) is 31.1 Å². The van der Waals surface area contributed by atoms with Crippen LogP contribution >= 0.6 is 11.8 Å². The maximum Gasteiger partial charge on any atom is 0.0596 e. The van der Waals surface area contributed by atoms with Crippen LogP contribution in [0.1, 0.15) is 17.0 Å². The van der Waals surface area contributed by atoms with Gasteiger partial charge < -0.3 is 10.1 Å². The zero-order valence-electron chi connectivity index (χ0n) is 12.9. The Morgan fingerprint density at radius 1 is 1.29 bits per heavy atom. The number of methoxy groups -OCH3 is 1. The van der Waals surface area contributed by atoms with Crippen molar-refractivity contribution in [2.24, 2.45) is 7.05 Å². The van der Waals surface area contributed by atoms with Crippen LogP contribution in [0.15, 0.2) is 35.2 Å². The Balaban J connectivity index is 1.80.